The first-order chi connectivity index (χ1) is 7.76. The van der Waals surface area contributed by atoms with Gasteiger partial charge < -0.3 is 5.73 Å². The van der Waals surface area contributed by atoms with Crippen molar-refractivity contribution in [3.63, 3.8) is 0 Å². The zero-order valence-electron chi connectivity index (χ0n) is 10.6. The number of nitrogens with two attached hydrogens (primary N) is 1. The van der Waals surface area contributed by atoms with Gasteiger partial charge in [0.2, 0.25) is 0 Å². The lowest BCUT2D eigenvalue weighted by molar-refractivity contribution is 0.272. The van der Waals surface area contributed by atoms with Gasteiger partial charge in [0.05, 0.1) is 6.04 Å². The van der Waals surface area contributed by atoms with E-state index >= 15 is 0 Å². The Labute approximate surface area is 100 Å². The fourth-order valence-electron chi connectivity index (χ4n) is 2.67. The Kier molecular flexibility index (Phi) is 5.87. The normalized spacial score (nSPS) is 22.1. The van der Waals surface area contributed by atoms with E-state index in [1.165, 1.54) is 38.5 Å². The molecule has 0 aromatic rings. The topological polar surface area (TPSA) is 38.0 Å². The zero-order chi connectivity index (χ0) is 11.9. The molecule has 92 valence electrons. The lowest BCUT2D eigenvalue weighted by Crippen LogP contribution is -2.54. The van der Waals surface area contributed by atoms with Gasteiger partial charge in [-0.15, -0.1) is 6.42 Å². The van der Waals surface area contributed by atoms with Crippen molar-refractivity contribution in [3.8, 4) is 12.3 Å². The molecule has 1 atom stereocenters. The molecule has 0 bridgehead atoms. The molecule has 3 N–H and O–H groups in total. The summed E-state index contributed by atoms with van der Waals surface area (Å²) in [7, 11) is 0. The molecule has 0 radical (unpaired) electrons. The average Bonchev–Trinajstić information content (AvgIpc) is 2.55. The van der Waals surface area contributed by atoms with E-state index in [9.17, 15) is 0 Å². The Morgan fingerprint density at radius 3 is 2.38 bits per heavy atom. The first-order valence-electron chi connectivity index (χ1n) is 6.70. The maximum absolute atomic E-state index is 5.98. The smallest absolute Gasteiger partial charge is 0.0691 e. The van der Waals surface area contributed by atoms with Crippen molar-refractivity contribution in [2.45, 2.75) is 69.9 Å². The average molecular weight is 222 g/mol. The second-order valence-corrected chi connectivity index (χ2v) is 5.05. The summed E-state index contributed by atoms with van der Waals surface area (Å²) in [6.45, 7) is 2.89. The van der Waals surface area contributed by atoms with Crippen LogP contribution in [0, 0.1) is 12.3 Å². The summed E-state index contributed by atoms with van der Waals surface area (Å²) >= 11 is 0. The largest absolute Gasteiger partial charge is 0.329 e. The summed E-state index contributed by atoms with van der Waals surface area (Å²) in [6.07, 6.45) is 15.4. The van der Waals surface area contributed by atoms with E-state index in [2.05, 4.69) is 18.2 Å². The van der Waals surface area contributed by atoms with Gasteiger partial charge in [0.15, 0.2) is 0 Å². The van der Waals surface area contributed by atoms with Crippen LogP contribution in [-0.4, -0.2) is 18.1 Å². The van der Waals surface area contributed by atoms with Crippen LogP contribution < -0.4 is 11.1 Å². The number of hydrogen-bond donors (Lipinski definition) is 2. The van der Waals surface area contributed by atoms with E-state index in [4.69, 9.17) is 12.2 Å². The maximum Gasteiger partial charge on any atom is 0.0691 e. The zero-order valence-corrected chi connectivity index (χ0v) is 10.6. The third kappa shape index (κ3) is 3.81. The van der Waals surface area contributed by atoms with Crippen LogP contribution in [-0.2, 0) is 0 Å². The molecule has 0 heterocycles. The Hall–Kier alpha value is -0.520. The molecule has 1 rings (SSSR count). The minimum Gasteiger partial charge on any atom is -0.329 e. The molecule has 0 aromatic heterocycles. The van der Waals surface area contributed by atoms with E-state index in [1.54, 1.807) is 0 Å². The number of terminal acetylenes is 1. The fraction of sp³-hybridized carbons (Fsp3) is 0.857. The maximum atomic E-state index is 5.98. The second-order valence-electron chi connectivity index (χ2n) is 5.05. The van der Waals surface area contributed by atoms with Gasteiger partial charge in [-0.25, -0.2) is 0 Å². The van der Waals surface area contributed by atoms with Crippen LogP contribution >= 0.6 is 0 Å². The predicted molar refractivity (Wildman–Crippen MR) is 70.2 cm³/mol. The fourth-order valence-corrected chi connectivity index (χ4v) is 2.67. The summed E-state index contributed by atoms with van der Waals surface area (Å²) in [5, 5.41) is 3.65. The molecular formula is C14H26N2. The Morgan fingerprint density at radius 1 is 1.31 bits per heavy atom. The highest BCUT2D eigenvalue weighted by molar-refractivity contribution is 5.04. The van der Waals surface area contributed by atoms with E-state index in [0.29, 0.717) is 0 Å². The van der Waals surface area contributed by atoms with Crippen LogP contribution in [0.3, 0.4) is 0 Å². The van der Waals surface area contributed by atoms with Crippen LogP contribution in [0.25, 0.3) is 0 Å². The molecule has 16 heavy (non-hydrogen) atoms. The molecule has 2 heteroatoms. The van der Waals surface area contributed by atoms with Crippen molar-refractivity contribution in [1.82, 2.24) is 5.32 Å². The van der Waals surface area contributed by atoms with Crippen LogP contribution in [0.5, 0.6) is 0 Å². The molecule has 1 aliphatic rings. The summed E-state index contributed by atoms with van der Waals surface area (Å²) in [5.74, 6) is 2.86. The second kappa shape index (κ2) is 6.93. The molecule has 1 unspecified atom stereocenters. The highest BCUT2D eigenvalue weighted by Gasteiger charge is 2.30. The molecule has 0 amide bonds. The van der Waals surface area contributed by atoms with Crippen LogP contribution in [0.2, 0.25) is 0 Å². The van der Waals surface area contributed by atoms with Crippen molar-refractivity contribution >= 4 is 0 Å². The third-order valence-corrected chi connectivity index (χ3v) is 3.71. The summed E-state index contributed by atoms with van der Waals surface area (Å²) < 4.78 is 0. The monoisotopic (exact) mass is 222 g/mol. The summed E-state index contributed by atoms with van der Waals surface area (Å²) in [6, 6.07) is 0.201. The van der Waals surface area contributed by atoms with Gasteiger partial charge in [-0.1, -0.05) is 44.9 Å². The molecular weight excluding hydrogens is 196 g/mol. The summed E-state index contributed by atoms with van der Waals surface area (Å²) in [5.41, 5.74) is 6.09. The SMILES string of the molecule is C#CC(CCC)NC1(CN)CCCCCC1. The lowest BCUT2D eigenvalue weighted by atomic mass is 9.89. The molecule has 1 saturated carbocycles. The highest BCUT2D eigenvalue weighted by Crippen LogP contribution is 2.27. The first kappa shape index (κ1) is 13.5. The predicted octanol–water partition coefficient (Wildman–Crippen LogP) is 2.43. The number of hydrogen-bond acceptors (Lipinski definition) is 2. The molecule has 0 aromatic carbocycles. The lowest BCUT2D eigenvalue weighted by Gasteiger charge is -2.35. The van der Waals surface area contributed by atoms with E-state index in [-0.39, 0.29) is 11.6 Å². The minimum atomic E-state index is 0.114. The highest BCUT2D eigenvalue weighted by atomic mass is 15.0. The molecule has 0 saturated heterocycles. The Morgan fingerprint density at radius 2 is 1.94 bits per heavy atom. The van der Waals surface area contributed by atoms with Gasteiger partial charge >= 0.3 is 0 Å². The summed E-state index contributed by atoms with van der Waals surface area (Å²) in [4.78, 5) is 0. The van der Waals surface area contributed by atoms with Crippen molar-refractivity contribution in [1.29, 1.82) is 0 Å². The van der Waals surface area contributed by atoms with Crippen molar-refractivity contribution < 1.29 is 0 Å². The van der Waals surface area contributed by atoms with Gasteiger partial charge in [-0.05, 0) is 19.3 Å². The van der Waals surface area contributed by atoms with Crippen LogP contribution in [0.15, 0.2) is 0 Å². The van der Waals surface area contributed by atoms with E-state index in [1.807, 2.05) is 0 Å². The Balaban J connectivity index is 2.59. The van der Waals surface area contributed by atoms with Gasteiger partial charge in [0.25, 0.3) is 0 Å². The van der Waals surface area contributed by atoms with Gasteiger partial charge in [-0.2, -0.15) is 0 Å². The van der Waals surface area contributed by atoms with E-state index in [0.717, 1.165) is 19.4 Å². The third-order valence-electron chi connectivity index (χ3n) is 3.71. The molecule has 1 aliphatic carbocycles. The van der Waals surface area contributed by atoms with Gasteiger partial charge in [-0.3, -0.25) is 5.32 Å². The minimum absolute atomic E-state index is 0.114. The number of rotatable bonds is 5. The quantitative estimate of drug-likeness (QED) is 0.554. The first-order valence-corrected chi connectivity index (χ1v) is 6.70. The van der Waals surface area contributed by atoms with Crippen LogP contribution in [0.4, 0.5) is 0 Å². The standard InChI is InChI=1S/C14H26N2/c1-3-9-13(4-2)16-14(12-15)10-7-5-6-8-11-14/h2,13,16H,3,5-12,15H2,1H3. The molecule has 2 nitrogen and oxygen atoms in total. The Bertz CT molecular complexity index is 221. The molecule has 0 aliphatic heterocycles. The van der Waals surface area contributed by atoms with Crippen LogP contribution in [0.1, 0.15) is 58.3 Å². The van der Waals surface area contributed by atoms with Gasteiger partial charge in [0, 0.05) is 12.1 Å². The van der Waals surface area contributed by atoms with Gasteiger partial charge in [0.1, 0.15) is 0 Å². The van der Waals surface area contributed by atoms with E-state index < -0.39 is 0 Å². The van der Waals surface area contributed by atoms with Crippen molar-refractivity contribution in [2.24, 2.45) is 5.73 Å². The number of nitrogens with one attached hydrogen (secondary N) is 1. The van der Waals surface area contributed by atoms with Crippen molar-refractivity contribution in [2.75, 3.05) is 6.54 Å². The molecule has 0 spiro atoms. The van der Waals surface area contributed by atoms with Crippen molar-refractivity contribution in [3.05, 3.63) is 0 Å². The molecule has 1 fully saturated rings.